The molecule has 1 rings (SSSR count). The van der Waals surface area contributed by atoms with Crippen LogP contribution in [-0.2, 0) is 4.79 Å². The number of aromatic nitrogens is 2. The Balaban J connectivity index is 2.47. The third-order valence-corrected chi connectivity index (χ3v) is 3.56. The van der Waals surface area contributed by atoms with Crippen LogP contribution in [-0.4, -0.2) is 34.2 Å². The Kier molecular flexibility index (Phi) is 4.89. The quantitative estimate of drug-likeness (QED) is 0.578. The summed E-state index contributed by atoms with van der Waals surface area (Å²) in [5, 5.41) is 3.67. The predicted octanol–water partition coefficient (Wildman–Crippen LogP) is 0.731. The minimum atomic E-state index is -0.669. The molecule has 0 spiro atoms. The van der Waals surface area contributed by atoms with Crippen LogP contribution < -0.4 is 11.1 Å². The lowest BCUT2D eigenvalue weighted by atomic mass is 9.99. The van der Waals surface area contributed by atoms with E-state index in [0.29, 0.717) is 6.42 Å². The summed E-state index contributed by atoms with van der Waals surface area (Å²) in [7, 11) is 1.73. The normalized spacial score (nSPS) is 14.3. The molecule has 0 fully saturated rings. The monoisotopic (exact) mass is 254 g/mol. The molecule has 1 unspecified atom stereocenters. The minimum absolute atomic E-state index is 0.342. The van der Waals surface area contributed by atoms with Gasteiger partial charge in [-0.25, -0.2) is 9.97 Å². The number of carbonyl (C=O) groups is 1. The minimum Gasteiger partial charge on any atom is -0.368 e. The second-order valence-corrected chi connectivity index (χ2v) is 5.15. The van der Waals surface area contributed by atoms with Crippen molar-refractivity contribution in [1.29, 1.82) is 0 Å². The highest BCUT2D eigenvalue weighted by molar-refractivity contribution is 7.99. The molecule has 0 bridgehead atoms. The predicted molar refractivity (Wildman–Crippen MR) is 68.8 cm³/mol. The molecule has 0 aliphatic rings. The van der Waals surface area contributed by atoms with Gasteiger partial charge in [0.05, 0.1) is 5.54 Å². The van der Waals surface area contributed by atoms with E-state index in [-0.39, 0.29) is 5.91 Å². The highest BCUT2D eigenvalue weighted by Gasteiger charge is 2.28. The van der Waals surface area contributed by atoms with E-state index in [9.17, 15) is 4.79 Å². The summed E-state index contributed by atoms with van der Waals surface area (Å²) in [4.78, 5) is 19.6. The fraction of sp³-hybridized carbons (Fsp3) is 0.545. The Labute approximate surface area is 106 Å². The number of primary amides is 1. The third-order valence-electron chi connectivity index (χ3n) is 2.69. The Morgan fingerprint density at radius 3 is 2.59 bits per heavy atom. The van der Waals surface area contributed by atoms with Crippen molar-refractivity contribution in [3.05, 3.63) is 18.0 Å². The smallest absolute Gasteiger partial charge is 0.237 e. The van der Waals surface area contributed by atoms with Crippen LogP contribution in [0.25, 0.3) is 0 Å². The van der Waals surface area contributed by atoms with Gasteiger partial charge in [-0.05, 0) is 32.9 Å². The van der Waals surface area contributed by atoms with Crippen LogP contribution in [0, 0.1) is 6.92 Å². The number of hydrogen-bond donors (Lipinski definition) is 2. The molecule has 1 atom stereocenters. The SMILES string of the molecule is CNC(C)(CCSc1ncc(C)cn1)C(N)=O. The maximum absolute atomic E-state index is 11.3. The van der Waals surface area contributed by atoms with Crippen LogP contribution in [0.15, 0.2) is 17.6 Å². The first-order valence-corrected chi connectivity index (χ1v) is 6.37. The second kappa shape index (κ2) is 5.97. The Morgan fingerprint density at radius 2 is 2.12 bits per heavy atom. The first-order valence-electron chi connectivity index (χ1n) is 5.38. The topological polar surface area (TPSA) is 80.9 Å². The lowest BCUT2D eigenvalue weighted by Gasteiger charge is -2.24. The van der Waals surface area contributed by atoms with Crippen molar-refractivity contribution in [2.45, 2.75) is 31.0 Å². The molecule has 0 aromatic carbocycles. The molecule has 1 heterocycles. The van der Waals surface area contributed by atoms with E-state index >= 15 is 0 Å². The molecule has 1 amide bonds. The van der Waals surface area contributed by atoms with E-state index < -0.39 is 5.54 Å². The molecular formula is C11H18N4OS. The van der Waals surface area contributed by atoms with Gasteiger partial charge in [-0.2, -0.15) is 0 Å². The number of rotatable bonds is 6. The van der Waals surface area contributed by atoms with Gasteiger partial charge in [-0.1, -0.05) is 11.8 Å². The molecule has 17 heavy (non-hydrogen) atoms. The summed E-state index contributed by atoms with van der Waals surface area (Å²) in [6, 6.07) is 0. The number of thioether (sulfide) groups is 1. The molecule has 0 aliphatic carbocycles. The van der Waals surface area contributed by atoms with E-state index in [2.05, 4.69) is 15.3 Å². The number of nitrogens with zero attached hydrogens (tertiary/aromatic N) is 2. The van der Waals surface area contributed by atoms with E-state index in [1.165, 1.54) is 11.8 Å². The van der Waals surface area contributed by atoms with Crippen molar-refractivity contribution < 1.29 is 4.79 Å². The zero-order valence-corrected chi connectivity index (χ0v) is 11.2. The number of hydrogen-bond acceptors (Lipinski definition) is 5. The van der Waals surface area contributed by atoms with Crippen LogP contribution in [0.4, 0.5) is 0 Å². The average molecular weight is 254 g/mol. The fourth-order valence-corrected chi connectivity index (χ4v) is 2.12. The second-order valence-electron chi connectivity index (χ2n) is 4.09. The van der Waals surface area contributed by atoms with Gasteiger partial charge in [0, 0.05) is 18.1 Å². The number of nitrogens with two attached hydrogens (primary N) is 1. The molecule has 3 N–H and O–H groups in total. The van der Waals surface area contributed by atoms with Gasteiger partial charge in [-0.3, -0.25) is 4.79 Å². The van der Waals surface area contributed by atoms with Gasteiger partial charge in [0.25, 0.3) is 0 Å². The van der Waals surface area contributed by atoms with Crippen molar-refractivity contribution >= 4 is 17.7 Å². The van der Waals surface area contributed by atoms with Crippen molar-refractivity contribution in [2.24, 2.45) is 5.73 Å². The zero-order chi connectivity index (χ0) is 12.9. The van der Waals surface area contributed by atoms with Crippen molar-refractivity contribution in [3.63, 3.8) is 0 Å². The lowest BCUT2D eigenvalue weighted by molar-refractivity contribution is -0.123. The standard InChI is InChI=1S/C11H18N4OS/c1-8-6-14-10(15-7-8)17-5-4-11(2,13-3)9(12)16/h6-7,13H,4-5H2,1-3H3,(H2,12,16). The number of nitrogens with one attached hydrogen (secondary N) is 1. The molecular weight excluding hydrogens is 236 g/mol. The molecule has 6 heteroatoms. The van der Waals surface area contributed by atoms with Gasteiger partial charge in [0.15, 0.2) is 5.16 Å². The zero-order valence-electron chi connectivity index (χ0n) is 10.4. The molecule has 0 aliphatic heterocycles. The molecule has 94 valence electrons. The first-order chi connectivity index (χ1) is 7.98. The van der Waals surface area contributed by atoms with E-state index in [0.717, 1.165) is 16.5 Å². The molecule has 1 aromatic heterocycles. The van der Waals surface area contributed by atoms with E-state index in [4.69, 9.17) is 5.73 Å². The van der Waals surface area contributed by atoms with Crippen molar-refractivity contribution in [3.8, 4) is 0 Å². The van der Waals surface area contributed by atoms with Crippen LogP contribution in [0.5, 0.6) is 0 Å². The van der Waals surface area contributed by atoms with Crippen molar-refractivity contribution in [2.75, 3.05) is 12.8 Å². The van der Waals surface area contributed by atoms with Gasteiger partial charge in [0.2, 0.25) is 5.91 Å². The van der Waals surface area contributed by atoms with Crippen molar-refractivity contribution in [1.82, 2.24) is 15.3 Å². The van der Waals surface area contributed by atoms with Crippen LogP contribution in [0.2, 0.25) is 0 Å². The van der Waals surface area contributed by atoms with Crippen LogP contribution in [0.3, 0.4) is 0 Å². The summed E-state index contributed by atoms with van der Waals surface area (Å²) in [6.07, 6.45) is 4.20. The lowest BCUT2D eigenvalue weighted by Crippen LogP contribution is -2.51. The molecule has 1 aromatic rings. The van der Waals surface area contributed by atoms with Gasteiger partial charge >= 0.3 is 0 Å². The van der Waals surface area contributed by atoms with Gasteiger partial charge in [0.1, 0.15) is 0 Å². The Morgan fingerprint density at radius 1 is 1.53 bits per heavy atom. The number of amides is 1. The molecule has 0 saturated heterocycles. The van der Waals surface area contributed by atoms with Gasteiger partial charge < -0.3 is 11.1 Å². The number of likely N-dealkylation sites (N-methyl/N-ethyl adjacent to an activating group) is 1. The highest BCUT2D eigenvalue weighted by Crippen LogP contribution is 2.18. The van der Waals surface area contributed by atoms with Crippen LogP contribution in [0.1, 0.15) is 18.9 Å². The summed E-state index contributed by atoms with van der Waals surface area (Å²) < 4.78 is 0. The van der Waals surface area contributed by atoms with E-state index in [1.54, 1.807) is 26.4 Å². The molecule has 0 saturated carbocycles. The summed E-state index contributed by atoms with van der Waals surface area (Å²) in [6.45, 7) is 3.74. The summed E-state index contributed by atoms with van der Waals surface area (Å²) in [5.41, 5.74) is 5.70. The van der Waals surface area contributed by atoms with Gasteiger partial charge in [-0.15, -0.1) is 0 Å². The summed E-state index contributed by atoms with van der Waals surface area (Å²) >= 11 is 1.52. The molecule has 5 nitrogen and oxygen atoms in total. The number of aryl methyl sites for hydroxylation is 1. The Bertz CT molecular complexity index is 382. The third kappa shape index (κ3) is 3.98. The first kappa shape index (κ1) is 13.9. The van der Waals surface area contributed by atoms with E-state index in [1.807, 2.05) is 6.92 Å². The molecule has 0 radical (unpaired) electrons. The Hall–Kier alpha value is -1.14. The highest BCUT2D eigenvalue weighted by atomic mass is 32.2. The average Bonchev–Trinajstić information content (AvgIpc) is 2.31. The number of carbonyl (C=O) groups excluding carboxylic acids is 1. The summed E-state index contributed by atoms with van der Waals surface area (Å²) in [5.74, 6) is 0.397. The largest absolute Gasteiger partial charge is 0.368 e. The maximum Gasteiger partial charge on any atom is 0.237 e. The van der Waals surface area contributed by atoms with Crippen LogP contribution >= 0.6 is 11.8 Å². The maximum atomic E-state index is 11.3. The fourth-order valence-electron chi connectivity index (χ4n) is 1.17.